The maximum atomic E-state index is 12.1. The Hall–Kier alpha value is -3.88. The van der Waals surface area contributed by atoms with Crippen molar-refractivity contribution in [3.05, 3.63) is 26.8 Å². The molecule has 1 saturated heterocycles. The van der Waals surface area contributed by atoms with Crippen molar-refractivity contribution in [2.75, 3.05) is 6.61 Å². The van der Waals surface area contributed by atoms with E-state index in [1.54, 1.807) is 0 Å². The second kappa shape index (κ2) is 8.47. The van der Waals surface area contributed by atoms with Gasteiger partial charge in [-0.3, -0.25) is 19.0 Å². The molecule has 4 atom stereocenters. The number of aromatic amines is 1. The molecule has 15 nitrogen and oxygen atoms in total. The number of hydrogen-bond donors (Lipinski definition) is 1. The number of imidazole rings is 1. The molecule has 1 N–H and O–H groups in total. The zero-order chi connectivity index (χ0) is 22.9. The molecule has 3 heterocycles. The van der Waals surface area contributed by atoms with Crippen molar-refractivity contribution >= 4 is 35.0 Å². The third-order valence-corrected chi connectivity index (χ3v) is 4.21. The van der Waals surface area contributed by atoms with Crippen molar-refractivity contribution in [2.24, 2.45) is 0 Å². The fraction of sp³-hybridized carbons (Fsp3) is 0.500. The highest BCUT2D eigenvalue weighted by Crippen LogP contribution is 2.35. The molecule has 0 spiro atoms. The summed E-state index contributed by atoms with van der Waals surface area (Å²) >= 11 is 0. The molecule has 0 bridgehead atoms. The van der Waals surface area contributed by atoms with Gasteiger partial charge in [0.25, 0.3) is 0 Å². The average Bonchev–Trinajstić information content (AvgIpc) is 3.21. The second-order valence-corrected chi connectivity index (χ2v) is 6.49. The maximum absolute atomic E-state index is 12.1. The summed E-state index contributed by atoms with van der Waals surface area (Å²) in [5.41, 5.74) is -1.33. The first-order valence-electron chi connectivity index (χ1n) is 8.83. The second-order valence-electron chi connectivity index (χ2n) is 6.49. The number of nitro groups is 1. The lowest BCUT2D eigenvalue weighted by Crippen LogP contribution is -2.40. The third kappa shape index (κ3) is 4.50. The summed E-state index contributed by atoms with van der Waals surface area (Å²) in [6.45, 7) is 3.05. The number of fused-ring (bicyclic) bond motifs is 1. The van der Waals surface area contributed by atoms with E-state index < -0.39 is 58.9 Å². The van der Waals surface area contributed by atoms with Crippen molar-refractivity contribution in [1.29, 1.82) is 0 Å². The molecular formula is C16H17N5O10. The van der Waals surface area contributed by atoms with E-state index in [9.17, 15) is 29.3 Å². The first-order chi connectivity index (χ1) is 14.6. The molecule has 1 fully saturated rings. The van der Waals surface area contributed by atoms with Crippen LogP contribution in [0.3, 0.4) is 0 Å². The Balaban J connectivity index is 2.09. The van der Waals surface area contributed by atoms with Crippen LogP contribution in [0.15, 0.2) is 11.1 Å². The summed E-state index contributed by atoms with van der Waals surface area (Å²) in [5.74, 6) is -2.94. The van der Waals surface area contributed by atoms with Gasteiger partial charge in [-0.2, -0.15) is 0 Å². The Bertz CT molecular complexity index is 1110. The van der Waals surface area contributed by atoms with Crippen LogP contribution in [0.2, 0.25) is 0 Å². The van der Waals surface area contributed by atoms with Crippen LogP contribution >= 0.6 is 0 Å². The van der Waals surface area contributed by atoms with Gasteiger partial charge in [0.15, 0.2) is 18.4 Å². The molecule has 0 radical (unpaired) electrons. The first-order valence-corrected chi connectivity index (χ1v) is 8.83. The third-order valence-electron chi connectivity index (χ3n) is 4.21. The van der Waals surface area contributed by atoms with Gasteiger partial charge >= 0.3 is 29.4 Å². The van der Waals surface area contributed by atoms with Crippen LogP contribution in [-0.2, 0) is 33.3 Å². The number of rotatable bonds is 6. The summed E-state index contributed by atoms with van der Waals surface area (Å²) < 4.78 is 22.4. The standard InChI is InChI=1S/C16H17N5O10/c1-6(22)28-4-9-11(29-7(2)23)12(30-8(3)24)15(31-9)20-5-17-10-13(20)18-16(21(26)27)19-14(10)25/h5,9,11-12,15H,4H2,1-3H3,(H,18,19,25)/t9-,11-,12-,15-/m1/s1. The van der Waals surface area contributed by atoms with Crippen molar-refractivity contribution in [3.63, 3.8) is 0 Å². The van der Waals surface area contributed by atoms with E-state index in [-0.39, 0.29) is 17.8 Å². The van der Waals surface area contributed by atoms with E-state index in [2.05, 4.69) is 9.97 Å². The Kier molecular flexibility index (Phi) is 5.96. The van der Waals surface area contributed by atoms with Gasteiger partial charge in [-0.05, 0) is 9.91 Å². The first kappa shape index (κ1) is 21.8. The smallest absolute Gasteiger partial charge is 0.437 e. The van der Waals surface area contributed by atoms with E-state index in [1.165, 1.54) is 0 Å². The molecule has 0 amide bonds. The van der Waals surface area contributed by atoms with Crippen LogP contribution in [0.4, 0.5) is 5.95 Å². The minimum atomic E-state index is -1.26. The molecule has 0 aromatic carbocycles. The van der Waals surface area contributed by atoms with Crippen LogP contribution in [0.1, 0.15) is 27.0 Å². The predicted octanol–water partition coefficient (Wildman–Crippen LogP) is -0.648. The lowest BCUT2D eigenvalue weighted by atomic mass is 10.1. The van der Waals surface area contributed by atoms with E-state index in [0.717, 1.165) is 31.7 Å². The summed E-state index contributed by atoms with van der Waals surface area (Å²) in [5, 5.41) is 11.1. The summed E-state index contributed by atoms with van der Waals surface area (Å²) in [6, 6.07) is 0. The summed E-state index contributed by atoms with van der Waals surface area (Å²) in [7, 11) is 0. The van der Waals surface area contributed by atoms with Gasteiger partial charge in [0.2, 0.25) is 11.2 Å². The molecule has 15 heteroatoms. The number of aromatic nitrogens is 4. The zero-order valence-electron chi connectivity index (χ0n) is 16.5. The molecule has 1 aliphatic heterocycles. The number of ether oxygens (including phenoxy) is 4. The van der Waals surface area contributed by atoms with Gasteiger partial charge < -0.3 is 29.1 Å². The van der Waals surface area contributed by atoms with Crippen molar-refractivity contribution in [1.82, 2.24) is 19.5 Å². The lowest BCUT2D eigenvalue weighted by molar-refractivity contribution is -0.394. The van der Waals surface area contributed by atoms with E-state index >= 15 is 0 Å². The minimum absolute atomic E-state index is 0.229. The van der Waals surface area contributed by atoms with Gasteiger partial charge in [0.1, 0.15) is 19.0 Å². The Morgan fingerprint density at radius 1 is 1.19 bits per heavy atom. The number of nitrogens with zero attached hydrogens (tertiary/aromatic N) is 4. The molecule has 0 unspecified atom stereocenters. The number of esters is 3. The highest BCUT2D eigenvalue weighted by Gasteiger charge is 2.51. The molecular weight excluding hydrogens is 422 g/mol. The lowest BCUT2D eigenvalue weighted by Gasteiger charge is -2.23. The van der Waals surface area contributed by atoms with Gasteiger partial charge in [-0.25, -0.2) is 14.8 Å². The topological polar surface area (TPSA) is 195 Å². The van der Waals surface area contributed by atoms with Crippen molar-refractivity contribution in [2.45, 2.75) is 45.3 Å². The van der Waals surface area contributed by atoms with E-state index in [4.69, 9.17) is 18.9 Å². The predicted molar refractivity (Wildman–Crippen MR) is 96.5 cm³/mol. The molecule has 3 rings (SSSR count). The summed E-state index contributed by atoms with van der Waals surface area (Å²) in [4.78, 5) is 66.4. The van der Waals surface area contributed by atoms with Crippen LogP contribution in [-0.4, -0.2) is 67.3 Å². The Morgan fingerprint density at radius 3 is 2.42 bits per heavy atom. The molecule has 2 aromatic rings. The van der Waals surface area contributed by atoms with Crippen LogP contribution in [0.5, 0.6) is 0 Å². The van der Waals surface area contributed by atoms with Gasteiger partial charge in [-0.1, -0.05) is 0 Å². The Morgan fingerprint density at radius 2 is 1.84 bits per heavy atom. The maximum Gasteiger partial charge on any atom is 0.437 e. The number of hydrogen-bond acceptors (Lipinski definition) is 12. The summed E-state index contributed by atoms with van der Waals surface area (Å²) in [6.07, 6.45) is -3.67. The molecule has 0 aliphatic carbocycles. The molecule has 31 heavy (non-hydrogen) atoms. The minimum Gasteiger partial charge on any atom is -0.463 e. The fourth-order valence-corrected chi connectivity index (χ4v) is 3.10. The highest BCUT2D eigenvalue weighted by atomic mass is 16.7. The van der Waals surface area contributed by atoms with Crippen LogP contribution in [0.25, 0.3) is 11.2 Å². The fourth-order valence-electron chi connectivity index (χ4n) is 3.10. The average molecular weight is 439 g/mol. The quantitative estimate of drug-likeness (QED) is 0.259. The van der Waals surface area contributed by atoms with Gasteiger partial charge in [0.05, 0.1) is 0 Å². The van der Waals surface area contributed by atoms with Gasteiger partial charge in [-0.15, -0.1) is 0 Å². The molecule has 2 aromatic heterocycles. The van der Waals surface area contributed by atoms with Crippen molar-refractivity contribution < 1.29 is 38.3 Å². The highest BCUT2D eigenvalue weighted by molar-refractivity contribution is 5.71. The monoisotopic (exact) mass is 439 g/mol. The number of carbonyl (C=O) groups is 3. The van der Waals surface area contributed by atoms with Crippen LogP contribution in [0, 0.1) is 10.1 Å². The van der Waals surface area contributed by atoms with E-state index in [1.807, 2.05) is 4.98 Å². The Labute approximate surface area is 172 Å². The molecule has 1 aliphatic rings. The van der Waals surface area contributed by atoms with Crippen molar-refractivity contribution in [3.8, 4) is 0 Å². The normalized spacial score (nSPS) is 22.8. The molecule has 0 saturated carbocycles. The number of H-pyrrole nitrogens is 1. The largest absolute Gasteiger partial charge is 0.463 e. The van der Waals surface area contributed by atoms with Crippen LogP contribution < -0.4 is 5.56 Å². The number of nitrogens with one attached hydrogen (secondary N) is 1. The van der Waals surface area contributed by atoms with Gasteiger partial charge in [0, 0.05) is 20.8 Å². The number of carbonyl (C=O) groups excluding carboxylic acids is 3. The SMILES string of the molecule is CC(=O)OC[C@H]1O[C@@H](n2cnc3c(=O)[nH]c([N+](=O)[O-])nc32)[C@H](OC(C)=O)[C@@H]1OC(C)=O. The zero-order valence-corrected chi connectivity index (χ0v) is 16.5. The molecule has 166 valence electrons. The van der Waals surface area contributed by atoms with E-state index in [0.29, 0.717) is 0 Å².